The maximum atomic E-state index is 12.5. The molecule has 3 rings (SSSR count). The summed E-state index contributed by atoms with van der Waals surface area (Å²) in [7, 11) is 0. The summed E-state index contributed by atoms with van der Waals surface area (Å²) in [6.45, 7) is 5.79. The third-order valence-electron chi connectivity index (χ3n) is 4.61. The lowest BCUT2D eigenvalue weighted by Gasteiger charge is -2.30. The molecule has 0 bridgehead atoms. The topological polar surface area (TPSA) is 93.5 Å². The Morgan fingerprint density at radius 2 is 1.96 bits per heavy atom. The minimum absolute atomic E-state index is 0.241. The number of benzene rings is 1. The molecular formula is C21H27N3O4. The van der Waals surface area contributed by atoms with E-state index >= 15 is 0 Å². The summed E-state index contributed by atoms with van der Waals surface area (Å²) in [4.78, 5) is 28.7. The van der Waals surface area contributed by atoms with Crippen LogP contribution in [0, 0.1) is 0 Å². The van der Waals surface area contributed by atoms with Crippen LogP contribution in [-0.4, -0.2) is 34.7 Å². The summed E-state index contributed by atoms with van der Waals surface area (Å²) in [5.41, 5.74) is 0.408. The quantitative estimate of drug-likeness (QED) is 0.764. The van der Waals surface area contributed by atoms with Crippen molar-refractivity contribution in [3.05, 3.63) is 36.2 Å². The van der Waals surface area contributed by atoms with Gasteiger partial charge in [0.25, 0.3) is 0 Å². The Morgan fingerprint density at radius 1 is 1.25 bits per heavy atom. The van der Waals surface area contributed by atoms with Crippen molar-refractivity contribution in [2.24, 2.45) is 0 Å². The van der Waals surface area contributed by atoms with Crippen molar-refractivity contribution in [3.63, 3.8) is 0 Å². The summed E-state index contributed by atoms with van der Waals surface area (Å²) < 4.78 is 10.9. The molecule has 0 radical (unpaired) electrons. The molecule has 1 fully saturated rings. The number of nitrogens with one attached hydrogen (secondary N) is 2. The van der Waals surface area contributed by atoms with Gasteiger partial charge in [-0.25, -0.2) is 9.78 Å². The zero-order valence-electron chi connectivity index (χ0n) is 16.6. The van der Waals surface area contributed by atoms with Gasteiger partial charge in [0.1, 0.15) is 11.1 Å². The first-order chi connectivity index (χ1) is 13.2. The molecule has 1 aromatic heterocycles. The first-order valence-electron chi connectivity index (χ1n) is 9.57. The fourth-order valence-electron chi connectivity index (χ4n) is 3.36. The highest BCUT2D eigenvalue weighted by molar-refractivity contribution is 5.92. The first kappa shape index (κ1) is 19.9. The van der Waals surface area contributed by atoms with Crippen LogP contribution in [0.3, 0.4) is 0 Å². The Balaban J connectivity index is 1.59. The van der Waals surface area contributed by atoms with E-state index < -0.39 is 17.2 Å². The van der Waals surface area contributed by atoms with E-state index in [-0.39, 0.29) is 5.91 Å². The van der Waals surface area contributed by atoms with Crippen molar-refractivity contribution in [1.82, 2.24) is 15.6 Å². The minimum atomic E-state index is -0.557. The Hall–Kier alpha value is -2.83. The Bertz CT molecular complexity index is 840. The first-order valence-corrected chi connectivity index (χ1v) is 9.57. The summed E-state index contributed by atoms with van der Waals surface area (Å²) in [6, 6.07) is 7.43. The van der Waals surface area contributed by atoms with Crippen LogP contribution in [0.5, 0.6) is 0 Å². The zero-order chi connectivity index (χ0) is 20.2. The van der Waals surface area contributed by atoms with Gasteiger partial charge in [-0.15, -0.1) is 0 Å². The molecule has 2 N–H and O–H groups in total. The normalized spacial score (nSPS) is 16.4. The van der Waals surface area contributed by atoms with Crippen molar-refractivity contribution < 1.29 is 18.7 Å². The van der Waals surface area contributed by atoms with Crippen molar-refractivity contribution >= 4 is 29.2 Å². The van der Waals surface area contributed by atoms with Crippen LogP contribution in [-0.2, 0) is 9.53 Å². The van der Waals surface area contributed by atoms with Crippen LogP contribution >= 0.6 is 0 Å². The average Bonchev–Trinajstić information content (AvgIpc) is 3.23. The number of carbonyl (C=O) groups is 2. The maximum Gasteiger partial charge on any atom is 0.407 e. The molecule has 0 aliphatic heterocycles. The van der Waals surface area contributed by atoms with Crippen LogP contribution in [0.15, 0.2) is 34.8 Å². The molecule has 150 valence electrons. The van der Waals surface area contributed by atoms with E-state index in [2.05, 4.69) is 15.6 Å². The predicted octanol–water partition coefficient (Wildman–Crippen LogP) is 3.79. The molecule has 2 aromatic rings. The van der Waals surface area contributed by atoms with Crippen molar-refractivity contribution in [2.75, 3.05) is 6.54 Å². The van der Waals surface area contributed by atoms with Gasteiger partial charge in [-0.1, -0.05) is 25.0 Å². The lowest BCUT2D eigenvalue weighted by molar-refractivity contribution is -0.118. The lowest BCUT2D eigenvalue weighted by atomic mass is 9.97. The van der Waals surface area contributed by atoms with Crippen molar-refractivity contribution in [1.29, 1.82) is 0 Å². The second kappa shape index (κ2) is 8.04. The number of hydrogen-bond acceptors (Lipinski definition) is 5. The molecule has 1 aromatic carbocycles. The molecule has 2 amide bonds. The molecule has 1 heterocycles. The van der Waals surface area contributed by atoms with Crippen LogP contribution in [0.1, 0.15) is 52.3 Å². The number of fused-ring (bicyclic) bond motifs is 1. The van der Waals surface area contributed by atoms with Gasteiger partial charge in [0.15, 0.2) is 5.58 Å². The van der Waals surface area contributed by atoms with Crippen LogP contribution < -0.4 is 10.6 Å². The summed E-state index contributed by atoms with van der Waals surface area (Å²) >= 11 is 0. The Morgan fingerprint density at radius 3 is 2.64 bits per heavy atom. The second-order valence-corrected chi connectivity index (χ2v) is 8.19. The number of carbonyl (C=O) groups excluding carboxylic acids is 2. The van der Waals surface area contributed by atoms with Gasteiger partial charge in [-0.05, 0) is 45.7 Å². The molecule has 7 heteroatoms. The van der Waals surface area contributed by atoms with Crippen LogP contribution in [0.4, 0.5) is 4.79 Å². The lowest BCUT2D eigenvalue weighted by Crippen LogP contribution is -2.54. The average molecular weight is 385 g/mol. The molecule has 1 aliphatic carbocycles. The molecule has 1 aliphatic rings. The van der Waals surface area contributed by atoms with E-state index in [4.69, 9.17) is 9.15 Å². The minimum Gasteiger partial charge on any atom is -0.444 e. The highest BCUT2D eigenvalue weighted by Gasteiger charge is 2.35. The highest BCUT2D eigenvalue weighted by Crippen LogP contribution is 2.29. The third-order valence-corrected chi connectivity index (χ3v) is 4.61. The third kappa shape index (κ3) is 5.34. The summed E-state index contributed by atoms with van der Waals surface area (Å²) in [5, 5.41) is 5.84. The van der Waals surface area contributed by atoms with Gasteiger partial charge in [-0.2, -0.15) is 0 Å². The van der Waals surface area contributed by atoms with E-state index in [1.54, 1.807) is 6.08 Å². The van der Waals surface area contributed by atoms with E-state index in [1.165, 1.54) is 6.08 Å². The van der Waals surface area contributed by atoms with E-state index in [1.807, 2.05) is 45.0 Å². The molecule has 7 nitrogen and oxygen atoms in total. The van der Waals surface area contributed by atoms with E-state index in [9.17, 15) is 9.59 Å². The summed E-state index contributed by atoms with van der Waals surface area (Å²) in [5.74, 6) is 0.138. The monoisotopic (exact) mass is 385 g/mol. The number of hydrogen-bond donors (Lipinski definition) is 2. The number of aromatic nitrogens is 1. The number of rotatable bonds is 5. The number of amides is 2. The molecule has 28 heavy (non-hydrogen) atoms. The number of oxazole rings is 1. The standard InChI is InChI=1S/C21H27N3O4/c1-20(2,3)28-19(26)22-14-21(12-6-7-13-21)24-17(25)10-11-18-23-15-8-4-5-9-16(15)27-18/h4-5,8-11H,6-7,12-14H2,1-3H3,(H,22,26)(H,24,25)/b11-10+. The predicted molar refractivity (Wildman–Crippen MR) is 107 cm³/mol. The molecule has 0 saturated heterocycles. The van der Waals surface area contributed by atoms with Gasteiger partial charge in [0, 0.05) is 18.7 Å². The van der Waals surface area contributed by atoms with Gasteiger partial charge in [0.2, 0.25) is 11.8 Å². The van der Waals surface area contributed by atoms with Gasteiger partial charge in [-0.3, -0.25) is 4.79 Å². The summed E-state index contributed by atoms with van der Waals surface area (Å²) in [6.07, 6.45) is 6.12. The van der Waals surface area contributed by atoms with Gasteiger partial charge in [0.05, 0.1) is 5.54 Å². The number of para-hydroxylation sites is 2. The van der Waals surface area contributed by atoms with Crippen molar-refractivity contribution in [3.8, 4) is 0 Å². The smallest absolute Gasteiger partial charge is 0.407 e. The van der Waals surface area contributed by atoms with Crippen molar-refractivity contribution in [2.45, 2.75) is 57.6 Å². The number of ether oxygens (including phenoxy) is 1. The molecule has 0 unspecified atom stereocenters. The van der Waals surface area contributed by atoms with E-state index in [0.29, 0.717) is 18.0 Å². The zero-order valence-corrected chi connectivity index (χ0v) is 16.6. The fourth-order valence-corrected chi connectivity index (χ4v) is 3.36. The molecular weight excluding hydrogens is 358 g/mol. The Kier molecular flexibility index (Phi) is 5.72. The maximum absolute atomic E-state index is 12.5. The fraction of sp³-hybridized carbons (Fsp3) is 0.476. The largest absolute Gasteiger partial charge is 0.444 e. The van der Waals surface area contributed by atoms with Gasteiger partial charge >= 0.3 is 6.09 Å². The van der Waals surface area contributed by atoms with E-state index in [0.717, 1.165) is 31.2 Å². The van der Waals surface area contributed by atoms with Crippen LogP contribution in [0.25, 0.3) is 17.2 Å². The number of alkyl carbamates (subject to hydrolysis) is 1. The SMILES string of the molecule is CC(C)(C)OC(=O)NCC1(NC(=O)/C=C/c2nc3ccccc3o2)CCCC1. The van der Waals surface area contributed by atoms with Gasteiger partial charge < -0.3 is 19.8 Å². The second-order valence-electron chi connectivity index (χ2n) is 8.19. The number of nitrogens with zero attached hydrogens (tertiary/aromatic N) is 1. The highest BCUT2D eigenvalue weighted by atomic mass is 16.6. The Labute approximate surface area is 164 Å². The van der Waals surface area contributed by atoms with Crippen LogP contribution in [0.2, 0.25) is 0 Å². The molecule has 0 atom stereocenters. The molecule has 0 spiro atoms. The molecule has 1 saturated carbocycles.